The molecular formula is C14H11Cl2NO3. The van der Waals surface area contributed by atoms with Gasteiger partial charge in [-0.25, -0.2) is 0 Å². The molecule has 104 valence electrons. The SMILES string of the molecule is COc1c(Cl)cc(C(=O)Nc2cccc(O)c2)cc1Cl. The van der Waals surface area contributed by atoms with Gasteiger partial charge < -0.3 is 15.2 Å². The third-order valence-electron chi connectivity index (χ3n) is 2.57. The second-order valence-electron chi connectivity index (χ2n) is 3.98. The van der Waals surface area contributed by atoms with Crippen LogP contribution in [0.4, 0.5) is 5.69 Å². The number of aromatic hydroxyl groups is 1. The average molecular weight is 312 g/mol. The second-order valence-corrected chi connectivity index (χ2v) is 4.79. The Hall–Kier alpha value is -1.91. The van der Waals surface area contributed by atoms with Crippen molar-refractivity contribution < 1.29 is 14.6 Å². The lowest BCUT2D eigenvalue weighted by Crippen LogP contribution is -2.12. The van der Waals surface area contributed by atoms with E-state index in [0.29, 0.717) is 17.0 Å². The molecule has 0 atom stereocenters. The van der Waals surface area contributed by atoms with Gasteiger partial charge in [-0.15, -0.1) is 0 Å². The van der Waals surface area contributed by atoms with Crippen molar-refractivity contribution in [3.05, 3.63) is 52.0 Å². The summed E-state index contributed by atoms with van der Waals surface area (Å²) in [5.74, 6) is -0.00196. The van der Waals surface area contributed by atoms with Crippen LogP contribution < -0.4 is 10.1 Å². The molecule has 2 aromatic carbocycles. The van der Waals surface area contributed by atoms with Crippen LogP contribution in [0, 0.1) is 0 Å². The van der Waals surface area contributed by atoms with E-state index in [1.165, 1.54) is 31.4 Å². The maximum atomic E-state index is 12.1. The zero-order valence-corrected chi connectivity index (χ0v) is 12.0. The van der Waals surface area contributed by atoms with Crippen LogP contribution in [0.3, 0.4) is 0 Å². The zero-order chi connectivity index (χ0) is 14.7. The number of halogens is 2. The number of rotatable bonds is 3. The monoisotopic (exact) mass is 311 g/mol. The van der Waals surface area contributed by atoms with Crippen molar-refractivity contribution in [2.45, 2.75) is 0 Å². The largest absolute Gasteiger partial charge is 0.508 e. The Kier molecular flexibility index (Phi) is 4.37. The number of nitrogens with one attached hydrogen (secondary N) is 1. The van der Waals surface area contributed by atoms with Gasteiger partial charge in [-0.05, 0) is 24.3 Å². The summed E-state index contributed by atoms with van der Waals surface area (Å²) in [5, 5.41) is 12.5. The maximum absolute atomic E-state index is 12.1. The van der Waals surface area contributed by atoms with Gasteiger partial charge in [0.2, 0.25) is 0 Å². The number of hydrogen-bond acceptors (Lipinski definition) is 3. The summed E-state index contributed by atoms with van der Waals surface area (Å²) >= 11 is 12.0. The number of methoxy groups -OCH3 is 1. The van der Waals surface area contributed by atoms with Crippen LogP contribution in [0.15, 0.2) is 36.4 Å². The second kappa shape index (κ2) is 6.03. The molecule has 0 aliphatic carbocycles. The van der Waals surface area contributed by atoms with Crippen LogP contribution >= 0.6 is 23.2 Å². The summed E-state index contributed by atoms with van der Waals surface area (Å²) in [6, 6.07) is 9.15. The minimum absolute atomic E-state index is 0.0635. The van der Waals surface area contributed by atoms with Crippen molar-refractivity contribution >= 4 is 34.8 Å². The molecule has 0 fully saturated rings. The van der Waals surface area contributed by atoms with Gasteiger partial charge in [0.15, 0.2) is 5.75 Å². The number of anilines is 1. The predicted molar refractivity (Wildman–Crippen MR) is 79.1 cm³/mol. The highest BCUT2D eigenvalue weighted by molar-refractivity contribution is 6.37. The van der Waals surface area contributed by atoms with Gasteiger partial charge in [0, 0.05) is 17.3 Å². The molecule has 0 aliphatic heterocycles. The van der Waals surface area contributed by atoms with Crippen LogP contribution in [0.2, 0.25) is 10.0 Å². The molecule has 0 spiro atoms. The number of phenols is 1. The van der Waals surface area contributed by atoms with Gasteiger partial charge in [0.25, 0.3) is 5.91 Å². The predicted octanol–water partition coefficient (Wildman–Crippen LogP) is 3.96. The van der Waals surface area contributed by atoms with Crippen molar-refractivity contribution in [1.29, 1.82) is 0 Å². The molecule has 0 bridgehead atoms. The lowest BCUT2D eigenvalue weighted by molar-refractivity contribution is 0.102. The minimum Gasteiger partial charge on any atom is -0.508 e. The summed E-state index contributed by atoms with van der Waals surface area (Å²) in [7, 11) is 1.44. The molecule has 20 heavy (non-hydrogen) atoms. The Balaban J connectivity index is 2.26. The Bertz CT molecular complexity index is 636. The van der Waals surface area contributed by atoms with Crippen LogP contribution in [0.1, 0.15) is 10.4 Å². The molecule has 0 aliphatic rings. The van der Waals surface area contributed by atoms with Gasteiger partial charge >= 0.3 is 0 Å². The maximum Gasteiger partial charge on any atom is 0.255 e. The highest BCUT2D eigenvalue weighted by Gasteiger charge is 2.13. The van der Waals surface area contributed by atoms with Gasteiger partial charge in [0.05, 0.1) is 17.2 Å². The molecule has 0 saturated carbocycles. The Morgan fingerprint density at radius 2 is 1.85 bits per heavy atom. The van der Waals surface area contributed by atoms with E-state index in [0.717, 1.165) is 0 Å². The molecular weight excluding hydrogens is 301 g/mol. The number of carbonyl (C=O) groups is 1. The fraction of sp³-hybridized carbons (Fsp3) is 0.0714. The summed E-state index contributed by atoms with van der Waals surface area (Å²) in [6.45, 7) is 0. The number of hydrogen-bond donors (Lipinski definition) is 2. The normalized spacial score (nSPS) is 10.2. The minimum atomic E-state index is -0.387. The van der Waals surface area contributed by atoms with Crippen LogP contribution in [-0.2, 0) is 0 Å². The fourth-order valence-electron chi connectivity index (χ4n) is 1.67. The summed E-state index contributed by atoms with van der Waals surface area (Å²) in [6.07, 6.45) is 0. The van der Waals surface area contributed by atoms with Gasteiger partial charge in [0.1, 0.15) is 5.75 Å². The smallest absolute Gasteiger partial charge is 0.255 e. The molecule has 6 heteroatoms. The van der Waals surface area contributed by atoms with E-state index < -0.39 is 0 Å². The zero-order valence-electron chi connectivity index (χ0n) is 10.5. The number of carbonyl (C=O) groups excluding carboxylic acids is 1. The van der Waals surface area contributed by atoms with Gasteiger partial charge in [-0.3, -0.25) is 4.79 Å². The van der Waals surface area contributed by atoms with E-state index in [9.17, 15) is 9.90 Å². The van der Waals surface area contributed by atoms with E-state index in [2.05, 4.69) is 5.32 Å². The van der Waals surface area contributed by atoms with Crippen molar-refractivity contribution in [1.82, 2.24) is 0 Å². The highest BCUT2D eigenvalue weighted by Crippen LogP contribution is 2.34. The summed E-state index contributed by atoms with van der Waals surface area (Å²) in [5.41, 5.74) is 0.766. The molecule has 2 N–H and O–H groups in total. The Morgan fingerprint density at radius 1 is 1.20 bits per heavy atom. The molecule has 0 heterocycles. The van der Waals surface area contributed by atoms with Crippen LogP contribution in [0.5, 0.6) is 11.5 Å². The molecule has 0 aromatic heterocycles. The third-order valence-corrected chi connectivity index (χ3v) is 3.13. The molecule has 0 saturated heterocycles. The molecule has 4 nitrogen and oxygen atoms in total. The van der Waals surface area contributed by atoms with E-state index in [-0.39, 0.29) is 21.7 Å². The summed E-state index contributed by atoms with van der Waals surface area (Å²) < 4.78 is 5.02. The lowest BCUT2D eigenvalue weighted by atomic mass is 10.2. The number of phenolic OH excluding ortho intramolecular Hbond substituents is 1. The molecule has 0 unspecified atom stereocenters. The van der Waals surface area contributed by atoms with Crippen LogP contribution in [0.25, 0.3) is 0 Å². The van der Waals surface area contributed by atoms with E-state index >= 15 is 0 Å². The molecule has 2 aromatic rings. The fourth-order valence-corrected chi connectivity index (χ4v) is 2.31. The van der Waals surface area contributed by atoms with Gasteiger partial charge in [-0.2, -0.15) is 0 Å². The van der Waals surface area contributed by atoms with E-state index in [4.69, 9.17) is 27.9 Å². The highest BCUT2D eigenvalue weighted by atomic mass is 35.5. The van der Waals surface area contributed by atoms with Crippen LogP contribution in [-0.4, -0.2) is 18.1 Å². The number of benzene rings is 2. The van der Waals surface area contributed by atoms with Crippen molar-refractivity contribution in [2.75, 3.05) is 12.4 Å². The topological polar surface area (TPSA) is 58.6 Å². The summed E-state index contributed by atoms with van der Waals surface area (Å²) in [4.78, 5) is 12.1. The molecule has 1 amide bonds. The Morgan fingerprint density at radius 3 is 2.40 bits per heavy atom. The molecule has 0 radical (unpaired) electrons. The number of ether oxygens (including phenoxy) is 1. The van der Waals surface area contributed by atoms with E-state index in [1.807, 2.05) is 0 Å². The first-order chi connectivity index (χ1) is 9.51. The van der Waals surface area contributed by atoms with Crippen molar-refractivity contribution in [3.8, 4) is 11.5 Å². The number of amides is 1. The quantitative estimate of drug-likeness (QED) is 0.902. The standard InChI is InChI=1S/C14H11Cl2NO3/c1-20-13-11(15)5-8(6-12(13)16)14(19)17-9-3-2-4-10(18)7-9/h2-7,18H,1H3,(H,17,19). The average Bonchev–Trinajstić information content (AvgIpc) is 2.38. The van der Waals surface area contributed by atoms with Crippen molar-refractivity contribution in [3.63, 3.8) is 0 Å². The first-order valence-electron chi connectivity index (χ1n) is 5.64. The lowest BCUT2D eigenvalue weighted by Gasteiger charge is -2.09. The molecule has 2 rings (SSSR count). The third kappa shape index (κ3) is 3.15. The van der Waals surface area contributed by atoms with Gasteiger partial charge in [-0.1, -0.05) is 29.3 Å². The first-order valence-corrected chi connectivity index (χ1v) is 6.40. The van der Waals surface area contributed by atoms with E-state index in [1.54, 1.807) is 12.1 Å². The van der Waals surface area contributed by atoms with Crippen molar-refractivity contribution in [2.24, 2.45) is 0 Å². The Labute approximate surface area is 125 Å². The first kappa shape index (κ1) is 14.5.